The number of aliphatic hydroxyl groups is 3. The third-order valence-corrected chi connectivity index (χ3v) is 7.71. The lowest BCUT2D eigenvalue weighted by Crippen LogP contribution is -2.69. The Morgan fingerprint density at radius 3 is 2.15 bits per heavy atom. The van der Waals surface area contributed by atoms with E-state index in [2.05, 4.69) is 0 Å². The molecule has 0 heterocycles. The number of ketones is 1. The number of carbonyl (C=O) groups excluding carboxylic acids is 1. The zero-order chi connectivity index (χ0) is 19.1. The summed E-state index contributed by atoms with van der Waals surface area (Å²) in [4.78, 5) is 15.5. The molecular weight excluding hydrogens is 380 g/mol. The molecule has 0 aromatic heterocycles. The molecule has 0 spiro atoms. The van der Waals surface area contributed by atoms with Crippen LogP contribution in [0.25, 0.3) is 0 Å². The zero-order valence-corrected chi connectivity index (χ0v) is 16.1. The number of carbonyl (C=O) groups is 1. The minimum absolute atomic E-state index is 0.207. The van der Waals surface area contributed by atoms with Gasteiger partial charge in [0.1, 0.15) is 16.5 Å². The summed E-state index contributed by atoms with van der Waals surface area (Å²) in [5.41, 5.74) is -1.54. The molecule has 4 atom stereocenters. The number of aliphatic hydroxyl groups excluding tert-OH is 2. The van der Waals surface area contributed by atoms with E-state index in [1.807, 2.05) is 60.7 Å². The predicted molar refractivity (Wildman–Crippen MR) is 107 cm³/mol. The number of thioether (sulfide) groups is 2. The molecule has 140 valence electrons. The normalized spacial score (nSPS) is 32.9. The minimum atomic E-state index is -1.54. The Morgan fingerprint density at radius 2 is 1.52 bits per heavy atom. The molecule has 0 saturated heterocycles. The second kappa shape index (κ2) is 7.11. The summed E-state index contributed by atoms with van der Waals surface area (Å²) in [6, 6.07) is 18.6. The predicted octanol–water partition coefficient (Wildman–Crippen LogP) is 3.02. The molecule has 0 amide bonds. The van der Waals surface area contributed by atoms with Crippen molar-refractivity contribution < 1.29 is 20.1 Å². The van der Waals surface area contributed by atoms with Crippen molar-refractivity contribution in [2.75, 3.05) is 0 Å². The highest BCUT2D eigenvalue weighted by Gasteiger charge is 2.64. The number of hydrogen-bond acceptors (Lipinski definition) is 6. The van der Waals surface area contributed by atoms with Crippen molar-refractivity contribution in [2.45, 2.75) is 45.2 Å². The van der Waals surface area contributed by atoms with Gasteiger partial charge in [-0.25, -0.2) is 0 Å². The zero-order valence-electron chi connectivity index (χ0n) is 14.5. The van der Waals surface area contributed by atoms with E-state index in [9.17, 15) is 20.1 Å². The Hall–Kier alpha value is -1.57. The second-order valence-corrected chi connectivity index (χ2v) is 9.38. The van der Waals surface area contributed by atoms with E-state index in [0.717, 1.165) is 21.6 Å². The molecule has 2 aliphatic carbocycles. The molecule has 2 aromatic carbocycles. The van der Waals surface area contributed by atoms with Crippen LogP contribution >= 0.6 is 23.5 Å². The monoisotopic (exact) mass is 400 g/mol. The topological polar surface area (TPSA) is 77.8 Å². The number of hydrogen-bond donors (Lipinski definition) is 3. The van der Waals surface area contributed by atoms with Gasteiger partial charge in [0.2, 0.25) is 0 Å². The molecule has 4 rings (SSSR count). The Balaban J connectivity index is 1.78. The average Bonchev–Trinajstić information content (AvgIpc) is 2.68. The number of allylic oxidation sites excluding steroid dienone is 1. The highest BCUT2D eigenvalue weighted by molar-refractivity contribution is 8.05. The Morgan fingerprint density at radius 1 is 0.926 bits per heavy atom. The van der Waals surface area contributed by atoms with Gasteiger partial charge in [0.15, 0.2) is 5.78 Å². The van der Waals surface area contributed by atoms with Crippen molar-refractivity contribution in [1.82, 2.24) is 0 Å². The molecule has 2 aromatic rings. The van der Waals surface area contributed by atoms with Crippen LogP contribution in [0.1, 0.15) is 12.8 Å². The van der Waals surface area contributed by atoms with Crippen molar-refractivity contribution in [2.24, 2.45) is 0 Å². The van der Waals surface area contributed by atoms with Crippen molar-refractivity contribution in [1.29, 1.82) is 0 Å². The van der Waals surface area contributed by atoms with Crippen LogP contribution < -0.4 is 0 Å². The first-order chi connectivity index (χ1) is 13.0. The van der Waals surface area contributed by atoms with Crippen molar-refractivity contribution >= 4 is 29.3 Å². The van der Waals surface area contributed by atoms with Crippen LogP contribution in [0, 0.1) is 0 Å². The van der Waals surface area contributed by atoms with Crippen molar-refractivity contribution in [3.8, 4) is 0 Å². The summed E-state index contributed by atoms with van der Waals surface area (Å²) >= 11 is 2.40. The first-order valence-corrected chi connectivity index (χ1v) is 10.4. The van der Waals surface area contributed by atoms with Crippen LogP contribution in [-0.2, 0) is 4.79 Å². The standard InChI is InChI=1S/C21H20O4S2/c22-17-11-12-20(25)13-16(26-14-7-3-1-4-8-14)18(23)21(17,19(20)24)27-15-9-5-2-6-10-15/h1-10,13,17,19,22,24-25H,11-12H2/t17-,19+,20+,21-/m1/s1. The van der Waals surface area contributed by atoms with E-state index in [4.69, 9.17) is 0 Å². The third kappa shape index (κ3) is 3.15. The number of Topliss-reactive ketones (excluding diaryl/α,β-unsaturated/α-hetero) is 1. The van der Waals surface area contributed by atoms with E-state index >= 15 is 0 Å². The SMILES string of the molecule is O=C1C(Sc2ccccc2)=C[C@@]2(O)CC[C@@H](O)[C@]1(Sc1ccccc1)[C@H]2O. The molecule has 1 fully saturated rings. The van der Waals surface area contributed by atoms with Gasteiger partial charge in [-0.15, -0.1) is 11.8 Å². The summed E-state index contributed by atoms with van der Waals surface area (Å²) in [6.45, 7) is 0. The lowest BCUT2D eigenvalue weighted by atomic mass is 9.67. The van der Waals surface area contributed by atoms with E-state index in [1.54, 1.807) is 0 Å². The van der Waals surface area contributed by atoms with Gasteiger partial charge in [-0.05, 0) is 43.2 Å². The van der Waals surface area contributed by atoms with Gasteiger partial charge in [-0.3, -0.25) is 4.79 Å². The number of benzene rings is 2. The number of rotatable bonds is 4. The fourth-order valence-corrected chi connectivity index (χ4v) is 6.32. The molecule has 0 radical (unpaired) electrons. The summed E-state index contributed by atoms with van der Waals surface area (Å²) in [5.74, 6) is -0.338. The molecular formula is C21H20O4S2. The molecule has 4 nitrogen and oxygen atoms in total. The van der Waals surface area contributed by atoms with Gasteiger partial charge in [0, 0.05) is 9.79 Å². The van der Waals surface area contributed by atoms with Gasteiger partial charge in [-0.1, -0.05) is 48.2 Å². The van der Waals surface area contributed by atoms with Gasteiger partial charge in [0.25, 0.3) is 0 Å². The van der Waals surface area contributed by atoms with Crippen LogP contribution in [0.4, 0.5) is 0 Å². The second-order valence-electron chi connectivity index (χ2n) is 6.91. The van der Waals surface area contributed by atoms with Crippen LogP contribution in [0.15, 0.2) is 81.4 Å². The lowest BCUT2D eigenvalue weighted by Gasteiger charge is -2.52. The molecule has 0 aliphatic heterocycles. The van der Waals surface area contributed by atoms with E-state index in [-0.39, 0.29) is 18.6 Å². The quantitative estimate of drug-likeness (QED) is 0.732. The highest BCUT2D eigenvalue weighted by Crippen LogP contribution is 2.54. The van der Waals surface area contributed by atoms with Crippen LogP contribution in [0.2, 0.25) is 0 Å². The fourth-order valence-electron chi connectivity index (χ4n) is 3.73. The Bertz CT molecular complexity index is 870. The van der Waals surface area contributed by atoms with Crippen LogP contribution in [0.3, 0.4) is 0 Å². The largest absolute Gasteiger partial charge is 0.391 e. The van der Waals surface area contributed by atoms with E-state index < -0.39 is 22.6 Å². The van der Waals surface area contributed by atoms with E-state index in [1.165, 1.54) is 17.8 Å². The molecule has 2 aliphatic rings. The molecule has 1 saturated carbocycles. The minimum Gasteiger partial charge on any atom is -0.391 e. The van der Waals surface area contributed by atoms with Gasteiger partial charge >= 0.3 is 0 Å². The fraction of sp³-hybridized carbons (Fsp3) is 0.286. The van der Waals surface area contributed by atoms with Gasteiger partial charge in [0.05, 0.1) is 11.0 Å². The number of fused-ring (bicyclic) bond motifs is 2. The third-order valence-electron chi connectivity index (χ3n) is 5.15. The Labute approximate surface area is 166 Å². The van der Waals surface area contributed by atoms with Crippen LogP contribution in [0.5, 0.6) is 0 Å². The smallest absolute Gasteiger partial charge is 0.191 e. The summed E-state index contributed by atoms with van der Waals surface area (Å²) < 4.78 is -1.53. The maximum absolute atomic E-state index is 13.5. The van der Waals surface area contributed by atoms with Crippen molar-refractivity contribution in [3.05, 3.63) is 71.6 Å². The average molecular weight is 401 g/mol. The summed E-state index contributed by atoms with van der Waals surface area (Å²) in [5, 5.41) is 32.9. The van der Waals surface area contributed by atoms with Gasteiger partial charge < -0.3 is 15.3 Å². The first kappa shape index (κ1) is 18.8. The Kier molecular flexibility index (Phi) is 4.94. The molecule has 6 heteroatoms. The van der Waals surface area contributed by atoms with Gasteiger partial charge in [-0.2, -0.15) is 0 Å². The molecule has 3 N–H and O–H groups in total. The molecule has 27 heavy (non-hydrogen) atoms. The molecule has 0 unspecified atom stereocenters. The highest BCUT2D eigenvalue weighted by atomic mass is 32.2. The van der Waals surface area contributed by atoms with Crippen molar-refractivity contribution in [3.63, 3.8) is 0 Å². The maximum atomic E-state index is 13.5. The summed E-state index contributed by atoms with van der Waals surface area (Å²) in [7, 11) is 0. The maximum Gasteiger partial charge on any atom is 0.191 e. The first-order valence-electron chi connectivity index (χ1n) is 8.79. The summed E-state index contributed by atoms with van der Waals surface area (Å²) in [6.07, 6.45) is -0.498. The van der Waals surface area contributed by atoms with Crippen LogP contribution in [-0.4, -0.2) is 43.7 Å². The molecule has 2 bridgehead atoms. The lowest BCUT2D eigenvalue weighted by molar-refractivity contribution is -0.149. The van der Waals surface area contributed by atoms with E-state index in [0.29, 0.717) is 4.91 Å².